The molecular weight excluding hydrogens is 248 g/mol. The molecule has 1 atom stereocenters. The lowest BCUT2D eigenvalue weighted by atomic mass is 10.2. The second-order valence-electron chi connectivity index (χ2n) is 3.31. The van der Waals surface area contributed by atoms with E-state index in [0.29, 0.717) is 5.69 Å². The highest BCUT2D eigenvalue weighted by Crippen LogP contribution is 2.04. The zero-order chi connectivity index (χ0) is 10.9. The minimum atomic E-state index is -0.315. The van der Waals surface area contributed by atoms with E-state index >= 15 is 0 Å². The van der Waals surface area contributed by atoms with Crippen molar-refractivity contribution < 1.29 is 0 Å². The van der Waals surface area contributed by atoms with E-state index in [1.54, 1.807) is 6.92 Å². The molecule has 78 valence electrons. The average Bonchev–Trinajstić information content (AvgIpc) is 2.14. The van der Waals surface area contributed by atoms with Crippen LogP contribution >= 0.6 is 16.1 Å². The van der Waals surface area contributed by atoms with Gasteiger partial charge in [-0.05, 0) is 20.3 Å². The third-order valence-corrected chi connectivity index (χ3v) is 3.15. The van der Waals surface area contributed by atoms with Crippen molar-refractivity contribution in [2.24, 2.45) is 0 Å². The van der Waals surface area contributed by atoms with Crippen molar-refractivity contribution in [3.8, 4) is 0 Å². The summed E-state index contributed by atoms with van der Waals surface area (Å²) in [6, 6.07) is 1.38. The third kappa shape index (κ3) is 1.82. The van der Waals surface area contributed by atoms with Gasteiger partial charge >= 0.3 is 5.69 Å². The molecule has 5 heteroatoms. The Morgan fingerprint density at radius 2 is 2.07 bits per heavy atom. The van der Waals surface area contributed by atoms with Gasteiger partial charge in [0.05, 0.1) is 16.1 Å². The van der Waals surface area contributed by atoms with Crippen LogP contribution < -0.4 is 11.2 Å². The molecule has 0 aliphatic carbocycles. The van der Waals surface area contributed by atoms with Crippen molar-refractivity contribution in [2.75, 3.05) is 0 Å². The van der Waals surface area contributed by atoms with Gasteiger partial charge in [-0.3, -0.25) is 9.36 Å². The molecule has 0 saturated carbocycles. The first-order valence-electron chi connectivity index (χ1n) is 4.50. The van der Waals surface area contributed by atoms with Crippen LogP contribution in [0.3, 0.4) is 0 Å². The minimum absolute atomic E-state index is 0.0700. The maximum Gasteiger partial charge on any atom is 0.341 e. The van der Waals surface area contributed by atoms with Gasteiger partial charge in [0, 0.05) is 17.8 Å². The van der Waals surface area contributed by atoms with E-state index in [0.717, 1.165) is 6.42 Å². The number of aryl methyl sites for hydroxylation is 1. The van der Waals surface area contributed by atoms with E-state index in [1.807, 2.05) is 13.8 Å². The zero-order valence-corrected chi connectivity index (χ0v) is 10.0. The van der Waals surface area contributed by atoms with E-state index in [9.17, 15) is 9.59 Å². The standard InChI is InChI=1S/C9H13BrN2O2/c1-4-6(2)11-8(13)5-7(3)12(10)9(11)14/h5-6H,4H2,1-3H3. The molecule has 1 heterocycles. The molecule has 1 rings (SSSR count). The summed E-state index contributed by atoms with van der Waals surface area (Å²) in [4.78, 5) is 23.2. The second kappa shape index (κ2) is 4.13. The highest BCUT2D eigenvalue weighted by atomic mass is 79.9. The van der Waals surface area contributed by atoms with Gasteiger partial charge in [0.25, 0.3) is 5.56 Å². The highest BCUT2D eigenvalue weighted by molar-refractivity contribution is 9.08. The Morgan fingerprint density at radius 3 is 2.57 bits per heavy atom. The van der Waals surface area contributed by atoms with E-state index < -0.39 is 0 Å². The summed E-state index contributed by atoms with van der Waals surface area (Å²) < 4.78 is 2.56. The predicted molar refractivity (Wildman–Crippen MR) is 59.0 cm³/mol. The number of nitrogens with zero attached hydrogens (tertiary/aromatic N) is 2. The number of hydrogen-bond donors (Lipinski definition) is 0. The fraction of sp³-hybridized carbons (Fsp3) is 0.556. The van der Waals surface area contributed by atoms with Gasteiger partial charge in [-0.1, -0.05) is 6.92 Å². The number of rotatable bonds is 2. The lowest BCUT2D eigenvalue weighted by Gasteiger charge is -2.12. The SMILES string of the molecule is CCC(C)n1c(=O)cc(C)n(Br)c1=O. The topological polar surface area (TPSA) is 44.0 Å². The van der Waals surface area contributed by atoms with Crippen LogP contribution in [0, 0.1) is 6.92 Å². The molecular formula is C9H13BrN2O2. The van der Waals surface area contributed by atoms with Crippen LogP contribution in [0.4, 0.5) is 0 Å². The van der Waals surface area contributed by atoms with Crippen molar-refractivity contribution in [3.05, 3.63) is 32.6 Å². The minimum Gasteiger partial charge on any atom is -0.269 e. The molecule has 0 fully saturated rings. The van der Waals surface area contributed by atoms with Crippen LogP contribution in [0.5, 0.6) is 0 Å². The van der Waals surface area contributed by atoms with Gasteiger partial charge in [0.1, 0.15) is 0 Å². The molecule has 0 saturated heterocycles. The Hall–Kier alpha value is -0.840. The third-order valence-electron chi connectivity index (χ3n) is 2.29. The number of halogens is 1. The summed E-state index contributed by atoms with van der Waals surface area (Å²) >= 11 is 3.11. The first-order chi connectivity index (χ1) is 6.49. The van der Waals surface area contributed by atoms with Gasteiger partial charge in [-0.2, -0.15) is 0 Å². The monoisotopic (exact) mass is 260 g/mol. The predicted octanol–water partition coefficient (Wildman–Crippen LogP) is 1.45. The molecule has 0 aliphatic rings. The van der Waals surface area contributed by atoms with Crippen LogP contribution in [0.2, 0.25) is 0 Å². The molecule has 1 unspecified atom stereocenters. The Morgan fingerprint density at radius 1 is 1.50 bits per heavy atom. The Labute approximate surface area is 90.5 Å². The summed E-state index contributed by atoms with van der Waals surface area (Å²) in [6.07, 6.45) is 0.755. The van der Waals surface area contributed by atoms with Crippen molar-refractivity contribution in [1.29, 1.82) is 0 Å². The number of hydrogen-bond acceptors (Lipinski definition) is 2. The van der Waals surface area contributed by atoms with Crippen LogP contribution in [0.1, 0.15) is 32.0 Å². The number of aromatic nitrogens is 2. The Kier molecular flexibility index (Phi) is 3.31. The molecule has 0 radical (unpaired) electrons. The second-order valence-corrected chi connectivity index (χ2v) is 4.02. The van der Waals surface area contributed by atoms with E-state index in [2.05, 4.69) is 16.1 Å². The van der Waals surface area contributed by atoms with Crippen LogP contribution in [0.25, 0.3) is 0 Å². The van der Waals surface area contributed by atoms with Crippen LogP contribution in [0.15, 0.2) is 15.7 Å². The first-order valence-corrected chi connectivity index (χ1v) is 5.21. The molecule has 0 aromatic carbocycles. The van der Waals surface area contributed by atoms with Crippen molar-refractivity contribution in [2.45, 2.75) is 33.2 Å². The maximum atomic E-state index is 11.7. The van der Waals surface area contributed by atoms with Gasteiger partial charge in [0.15, 0.2) is 0 Å². The quantitative estimate of drug-likeness (QED) is 0.808. The van der Waals surface area contributed by atoms with Crippen molar-refractivity contribution in [1.82, 2.24) is 8.16 Å². The Bertz CT molecular complexity index is 447. The fourth-order valence-electron chi connectivity index (χ4n) is 1.23. The lowest BCUT2D eigenvalue weighted by Crippen LogP contribution is -2.39. The molecule has 0 aliphatic heterocycles. The molecule has 0 N–H and O–H groups in total. The highest BCUT2D eigenvalue weighted by Gasteiger charge is 2.11. The fourth-order valence-corrected chi connectivity index (χ4v) is 1.51. The van der Waals surface area contributed by atoms with Gasteiger partial charge in [-0.25, -0.2) is 8.39 Å². The Balaban J connectivity index is 3.53. The van der Waals surface area contributed by atoms with Crippen LogP contribution in [-0.2, 0) is 0 Å². The molecule has 0 bridgehead atoms. The van der Waals surface area contributed by atoms with Gasteiger partial charge in [0.2, 0.25) is 0 Å². The first kappa shape index (κ1) is 11.2. The zero-order valence-electron chi connectivity index (χ0n) is 8.45. The van der Waals surface area contributed by atoms with Gasteiger partial charge < -0.3 is 0 Å². The summed E-state index contributed by atoms with van der Waals surface area (Å²) in [5, 5.41) is 0. The summed E-state index contributed by atoms with van der Waals surface area (Å²) in [5.41, 5.74) is 0.0569. The van der Waals surface area contributed by atoms with E-state index in [-0.39, 0.29) is 17.3 Å². The summed E-state index contributed by atoms with van der Waals surface area (Å²) in [5.74, 6) is 0. The van der Waals surface area contributed by atoms with Crippen molar-refractivity contribution >= 4 is 16.1 Å². The molecule has 0 spiro atoms. The lowest BCUT2D eigenvalue weighted by molar-refractivity contribution is 0.485. The van der Waals surface area contributed by atoms with Crippen LogP contribution in [-0.4, -0.2) is 8.16 Å². The largest absolute Gasteiger partial charge is 0.341 e. The molecule has 1 aromatic rings. The normalized spacial score (nSPS) is 12.9. The van der Waals surface area contributed by atoms with Gasteiger partial charge in [-0.15, -0.1) is 0 Å². The van der Waals surface area contributed by atoms with E-state index in [1.165, 1.54) is 14.2 Å². The average molecular weight is 261 g/mol. The summed E-state index contributed by atoms with van der Waals surface area (Å²) in [7, 11) is 0. The summed E-state index contributed by atoms with van der Waals surface area (Å²) in [6.45, 7) is 5.50. The molecule has 4 nitrogen and oxygen atoms in total. The van der Waals surface area contributed by atoms with Crippen molar-refractivity contribution in [3.63, 3.8) is 0 Å². The molecule has 0 amide bonds. The molecule has 1 aromatic heterocycles. The smallest absolute Gasteiger partial charge is 0.269 e. The maximum absolute atomic E-state index is 11.7. The van der Waals surface area contributed by atoms with E-state index in [4.69, 9.17) is 0 Å². The molecule has 14 heavy (non-hydrogen) atoms.